The Hall–Kier alpha value is -2.44. The fraction of sp³-hybridized carbons (Fsp3) is 0.111. The first-order chi connectivity index (χ1) is 12.0. The highest BCUT2D eigenvalue weighted by molar-refractivity contribution is 8.18. The van der Waals surface area contributed by atoms with E-state index >= 15 is 0 Å². The fourth-order valence-electron chi connectivity index (χ4n) is 2.18. The molecule has 1 saturated heterocycles. The standard InChI is InChI=1S/C18H15ClN2O3S/c1-10-3-5-12(9-13(10)19)20-18-21-17(23)16(25-18)8-11-4-6-14(22)15(7-11)24-2/h3-9,22H,1-2H3,(H,20,21,23). The van der Waals surface area contributed by atoms with Gasteiger partial charge in [-0.05, 0) is 60.2 Å². The quantitative estimate of drug-likeness (QED) is 0.788. The molecule has 3 rings (SSSR count). The number of phenolic OH excluding ortho intramolecular Hbond substituents is 1. The first kappa shape index (κ1) is 17.4. The molecular formula is C18H15ClN2O3S. The van der Waals surface area contributed by atoms with E-state index in [4.69, 9.17) is 16.3 Å². The molecule has 0 saturated carbocycles. The SMILES string of the molecule is COc1cc(C=C2SC(=Nc3ccc(C)c(Cl)c3)NC2=O)ccc1O. The molecule has 0 aromatic heterocycles. The number of nitrogens with zero attached hydrogens (tertiary/aromatic N) is 1. The summed E-state index contributed by atoms with van der Waals surface area (Å²) in [6.45, 7) is 1.91. The summed E-state index contributed by atoms with van der Waals surface area (Å²) in [5, 5.41) is 13.5. The van der Waals surface area contributed by atoms with Crippen LogP contribution in [0.25, 0.3) is 6.08 Å². The van der Waals surface area contributed by atoms with Crippen LogP contribution in [0.15, 0.2) is 46.3 Å². The zero-order valence-electron chi connectivity index (χ0n) is 13.5. The number of hydrogen-bond acceptors (Lipinski definition) is 5. The van der Waals surface area contributed by atoms with Crippen LogP contribution in [0, 0.1) is 6.92 Å². The molecule has 7 heteroatoms. The summed E-state index contributed by atoms with van der Waals surface area (Å²) in [5.74, 6) is 0.168. The van der Waals surface area contributed by atoms with Crippen molar-refractivity contribution in [3.63, 3.8) is 0 Å². The smallest absolute Gasteiger partial charge is 0.264 e. The van der Waals surface area contributed by atoms with Crippen LogP contribution in [0.5, 0.6) is 11.5 Å². The topological polar surface area (TPSA) is 70.9 Å². The van der Waals surface area contributed by atoms with Gasteiger partial charge in [0.1, 0.15) is 0 Å². The first-order valence-corrected chi connectivity index (χ1v) is 8.58. The molecule has 2 aromatic rings. The van der Waals surface area contributed by atoms with E-state index in [2.05, 4.69) is 10.3 Å². The van der Waals surface area contributed by atoms with Crippen molar-refractivity contribution in [2.45, 2.75) is 6.92 Å². The Kier molecular flexibility index (Phi) is 5.01. The predicted octanol–water partition coefficient (Wildman–Crippen LogP) is 4.25. The zero-order chi connectivity index (χ0) is 18.0. The minimum absolute atomic E-state index is 0.0478. The highest BCUT2D eigenvalue weighted by Crippen LogP contribution is 2.32. The molecule has 2 aromatic carbocycles. The summed E-state index contributed by atoms with van der Waals surface area (Å²) >= 11 is 7.34. The number of amidine groups is 1. The van der Waals surface area contributed by atoms with Gasteiger partial charge in [-0.3, -0.25) is 4.79 Å². The molecule has 1 fully saturated rings. The van der Waals surface area contributed by atoms with Crippen LogP contribution in [0.3, 0.4) is 0 Å². The van der Waals surface area contributed by atoms with Gasteiger partial charge in [0.15, 0.2) is 16.7 Å². The summed E-state index contributed by atoms with van der Waals surface area (Å²) in [4.78, 5) is 17.0. The third-order valence-electron chi connectivity index (χ3n) is 3.54. The Balaban J connectivity index is 1.84. The lowest BCUT2D eigenvalue weighted by molar-refractivity contribution is -0.115. The number of aliphatic imine (C=N–C) groups is 1. The van der Waals surface area contributed by atoms with Crippen LogP contribution in [0.4, 0.5) is 5.69 Å². The average molecular weight is 375 g/mol. The van der Waals surface area contributed by atoms with Crippen molar-refractivity contribution in [2.75, 3.05) is 7.11 Å². The van der Waals surface area contributed by atoms with Gasteiger partial charge in [-0.15, -0.1) is 0 Å². The van der Waals surface area contributed by atoms with Crippen molar-refractivity contribution < 1.29 is 14.6 Å². The first-order valence-electron chi connectivity index (χ1n) is 7.39. The lowest BCUT2D eigenvalue weighted by Gasteiger charge is -2.03. The van der Waals surface area contributed by atoms with Crippen LogP contribution in [-0.4, -0.2) is 23.3 Å². The molecule has 2 N–H and O–H groups in total. The second-order valence-electron chi connectivity index (χ2n) is 5.35. The number of rotatable bonds is 3. The molecular weight excluding hydrogens is 360 g/mol. The van der Waals surface area contributed by atoms with Gasteiger partial charge >= 0.3 is 0 Å². The predicted molar refractivity (Wildman–Crippen MR) is 102 cm³/mol. The van der Waals surface area contributed by atoms with Crippen LogP contribution in [0.1, 0.15) is 11.1 Å². The van der Waals surface area contributed by atoms with Crippen LogP contribution < -0.4 is 10.1 Å². The van der Waals surface area contributed by atoms with Crippen molar-refractivity contribution in [2.24, 2.45) is 4.99 Å². The van der Waals surface area contributed by atoms with Gasteiger partial charge in [0, 0.05) is 5.02 Å². The van der Waals surface area contributed by atoms with Gasteiger partial charge in [-0.1, -0.05) is 23.7 Å². The number of methoxy groups -OCH3 is 1. The van der Waals surface area contributed by atoms with Crippen LogP contribution in [-0.2, 0) is 4.79 Å². The van der Waals surface area contributed by atoms with E-state index in [1.165, 1.54) is 24.9 Å². The molecule has 0 unspecified atom stereocenters. The number of nitrogens with one attached hydrogen (secondary N) is 1. The number of amides is 1. The Morgan fingerprint density at radius 3 is 2.80 bits per heavy atom. The minimum atomic E-state index is -0.228. The highest BCUT2D eigenvalue weighted by atomic mass is 35.5. The lowest BCUT2D eigenvalue weighted by Crippen LogP contribution is -2.19. The monoisotopic (exact) mass is 374 g/mol. The number of carbonyl (C=O) groups excluding carboxylic acids is 1. The Bertz CT molecular complexity index is 909. The number of ether oxygens (including phenoxy) is 1. The van der Waals surface area contributed by atoms with Crippen molar-refractivity contribution in [1.29, 1.82) is 0 Å². The molecule has 0 bridgehead atoms. The molecule has 0 atom stereocenters. The van der Waals surface area contributed by atoms with Crippen molar-refractivity contribution in [3.05, 3.63) is 57.5 Å². The van der Waals surface area contributed by atoms with Crippen LogP contribution >= 0.6 is 23.4 Å². The normalized spacial score (nSPS) is 17.2. The van der Waals surface area contributed by atoms with Gasteiger partial charge in [0.25, 0.3) is 5.91 Å². The number of phenols is 1. The number of hydrogen-bond donors (Lipinski definition) is 2. The van der Waals surface area contributed by atoms with Crippen molar-refractivity contribution >= 4 is 46.2 Å². The van der Waals surface area contributed by atoms with Gasteiger partial charge < -0.3 is 15.2 Å². The number of carbonyl (C=O) groups is 1. The maximum atomic E-state index is 12.1. The van der Waals surface area contributed by atoms with E-state index in [0.717, 1.165) is 11.1 Å². The van der Waals surface area contributed by atoms with Gasteiger partial charge in [-0.25, -0.2) is 4.99 Å². The number of aromatic hydroxyl groups is 1. The number of benzene rings is 2. The summed E-state index contributed by atoms with van der Waals surface area (Å²) in [7, 11) is 1.47. The van der Waals surface area contributed by atoms with E-state index in [9.17, 15) is 9.90 Å². The number of aryl methyl sites for hydroxylation is 1. The largest absolute Gasteiger partial charge is 0.504 e. The van der Waals surface area contributed by atoms with E-state index in [1.807, 2.05) is 19.1 Å². The molecule has 0 radical (unpaired) electrons. The summed E-state index contributed by atoms with van der Waals surface area (Å²) in [5.41, 5.74) is 2.38. The van der Waals surface area contributed by atoms with E-state index in [0.29, 0.717) is 26.5 Å². The third kappa shape index (κ3) is 3.97. The number of halogens is 1. The number of thioether (sulfide) groups is 1. The molecule has 128 valence electrons. The molecule has 0 spiro atoms. The van der Waals surface area contributed by atoms with Crippen molar-refractivity contribution in [3.8, 4) is 11.5 Å². The summed E-state index contributed by atoms with van der Waals surface area (Å²) < 4.78 is 5.08. The van der Waals surface area contributed by atoms with E-state index < -0.39 is 0 Å². The summed E-state index contributed by atoms with van der Waals surface area (Å²) in [6.07, 6.45) is 1.71. The maximum absolute atomic E-state index is 12.1. The molecule has 1 aliphatic heterocycles. The molecule has 1 heterocycles. The van der Waals surface area contributed by atoms with Crippen molar-refractivity contribution in [1.82, 2.24) is 5.32 Å². The third-order valence-corrected chi connectivity index (χ3v) is 4.86. The molecule has 0 aliphatic carbocycles. The van der Waals surface area contributed by atoms with E-state index in [-0.39, 0.29) is 11.7 Å². The van der Waals surface area contributed by atoms with Gasteiger partial charge in [0.05, 0.1) is 17.7 Å². The second kappa shape index (κ2) is 7.21. The Morgan fingerprint density at radius 1 is 1.28 bits per heavy atom. The molecule has 5 nitrogen and oxygen atoms in total. The zero-order valence-corrected chi connectivity index (χ0v) is 15.1. The van der Waals surface area contributed by atoms with Crippen LogP contribution in [0.2, 0.25) is 5.02 Å². The molecule has 1 aliphatic rings. The highest BCUT2D eigenvalue weighted by Gasteiger charge is 2.24. The van der Waals surface area contributed by atoms with Gasteiger partial charge in [0.2, 0.25) is 0 Å². The average Bonchev–Trinajstić information content (AvgIpc) is 2.92. The fourth-order valence-corrected chi connectivity index (χ4v) is 3.20. The maximum Gasteiger partial charge on any atom is 0.264 e. The van der Waals surface area contributed by atoms with Gasteiger partial charge in [-0.2, -0.15) is 0 Å². The Morgan fingerprint density at radius 2 is 2.08 bits per heavy atom. The minimum Gasteiger partial charge on any atom is -0.504 e. The Labute approximate surface area is 154 Å². The summed E-state index contributed by atoms with van der Waals surface area (Å²) in [6, 6.07) is 10.4. The molecule has 1 amide bonds. The second-order valence-corrected chi connectivity index (χ2v) is 6.78. The lowest BCUT2D eigenvalue weighted by atomic mass is 10.2. The molecule has 25 heavy (non-hydrogen) atoms. The van der Waals surface area contributed by atoms with E-state index in [1.54, 1.807) is 24.3 Å².